The molecule has 0 aromatic carbocycles. The zero-order chi connectivity index (χ0) is 13.0. The average molecular weight is 274 g/mol. The van der Waals surface area contributed by atoms with Gasteiger partial charge in [-0.1, -0.05) is 0 Å². The van der Waals surface area contributed by atoms with E-state index in [2.05, 4.69) is 5.32 Å². The third kappa shape index (κ3) is 6.73. The van der Waals surface area contributed by atoms with Gasteiger partial charge < -0.3 is 33.6 Å². The highest BCUT2D eigenvalue weighted by Crippen LogP contribution is 2.53. The van der Waals surface area contributed by atoms with Gasteiger partial charge in [-0.2, -0.15) is 0 Å². The third-order valence-corrected chi connectivity index (χ3v) is 5.08. The molecule has 0 saturated heterocycles. The van der Waals surface area contributed by atoms with Gasteiger partial charge in [-0.25, -0.2) is 0 Å². The van der Waals surface area contributed by atoms with E-state index in [1.807, 2.05) is 4.90 Å². The maximum Gasteiger partial charge on any atom is 0.157 e. The standard InChI is InChI=1S/C6H18N2O6P2/c1-8(2)5-3-4-7-6(15(9,10)11)16(12,13)14/h6-7H,3-5H2,1-2H3,(H2,9,10,11)(H2,12,13,14)/p-2. The van der Waals surface area contributed by atoms with Gasteiger partial charge in [-0.05, 0) is 33.6 Å². The molecule has 0 aliphatic rings. The van der Waals surface area contributed by atoms with E-state index in [0.29, 0.717) is 13.0 Å². The Morgan fingerprint density at radius 2 is 1.69 bits per heavy atom. The quantitative estimate of drug-likeness (QED) is 0.355. The molecule has 0 saturated carbocycles. The van der Waals surface area contributed by atoms with Crippen molar-refractivity contribution in [3.63, 3.8) is 0 Å². The minimum absolute atomic E-state index is 0.0441. The highest BCUT2D eigenvalue weighted by atomic mass is 31.2. The summed E-state index contributed by atoms with van der Waals surface area (Å²) < 4.78 is 21.4. The lowest BCUT2D eigenvalue weighted by Crippen LogP contribution is -2.37. The van der Waals surface area contributed by atoms with Crippen LogP contribution in [0, 0.1) is 0 Å². The van der Waals surface area contributed by atoms with Crippen LogP contribution in [0.4, 0.5) is 0 Å². The second kappa shape index (κ2) is 6.23. The molecule has 0 amide bonds. The molecule has 0 aromatic rings. The van der Waals surface area contributed by atoms with Crippen LogP contribution >= 0.6 is 15.2 Å². The van der Waals surface area contributed by atoms with Gasteiger partial charge >= 0.3 is 0 Å². The molecule has 8 nitrogen and oxygen atoms in total. The monoisotopic (exact) mass is 274 g/mol. The van der Waals surface area contributed by atoms with Gasteiger partial charge in [0.05, 0.1) is 0 Å². The van der Waals surface area contributed by atoms with Crippen LogP contribution in [0.2, 0.25) is 0 Å². The van der Waals surface area contributed by atoms with E-state index in [4.69, 9.17) is 9.79 Å². The first-order chi connectivity index (χ1) is 7.05. The molecule has 0 spiro atoms. The molecular formula is C6H16N2O6P2-2. The fraction of sp³-hybridized carbons (Fsp3) is 1.00. The van der Waals surface area contributed by atoms with Crippen molar-refractivity contribution in [3.05, 3.63) is 0 Å². The SMILES string of the molecule is CN(C)CCCNC(P(=O)([O-])O)P(=O)([O-])O. The van der Waals surface area contributed by atoms with Crippen molar-refractivity contribution in [3.8, 4) is 0 Å². The largest absolute Gasteiger partial charge is 0.777 e. The van der Waals surface area contributed by atoms with E-state index in [-0.39, 0.29) is 6.54 Å². The molecule has 98 valence electrons. The normalized spacial score (nSPS) is 21.4. The van der Waals surface area contributed by atoms with E-state index in [1.165, 1.54) is 0 Å². The molecule has 0 fully saturated rings. The van der Waals surface area contributed by atoms with Crippen LogP contribution in [0.5, 0.6) is 0 Å². The number of rotatable bonds is 7. The predicted molar refractivity (Wildman–Crippen MR) is 54.6 cm³/mol. The third-order valence-electron chi connectivity index (χ3n) is 1.73. The van der Waals surface area contributed by atoms with Gasteiger partial charge in [0.25, 0.3) is 0 Å². The second-order valence-electron chi connectivity index (χ2n) is 3.61. The van der Waals surface area contributed by atoms with E-state index in [1.54, 1.807) is 14.1 Å². The predicted octanol–water partition coefficient (Wildman–Crippen LogP) is -2.10. The van der Waals surface area contributed by atoms with E-state index in [9.17, 15) is 18.9 Å². The zero-order valence-corrected chi connectivity index (χ0v) is 10.9. The molecule has 0 heterocycles. The lowest BCUT2D eigenvalue weighted by molar-refractivity contribution is -0.207. The summed E-state index contributed by atoms with van der Waals surface area (Å²) in [6.45, 7) is 0.658. The van der Waals surface area contributed by atoms with Gasteiger partial charge in [0.1, 0.15) is 5.52 Å². The van der Waals surface area contributed by atoms with Crippen molar-refractivity contribution < 1.29 is 28.7 Å². The van der Waals surface area contributed by atoms with Gasteiger partial charge in [0, 0.05) is 0 Å². The summed E-state index contributed by atoms with van der Waals surface area (Å²) in [4.78, 5) is 40.4. The molecule has 0 radical (unpaired) electrons. The number of nitrogens with one attached hydrogen (secondary N) is 1. The van der Waals surface area contributed by atoms with Crippen LogP contribution in [0.15, 0.2) is 0 Å². The minimum Gasteiger partial charge on any atom is -0.777 e. The Kier molecular flexibility index (Phi) is 6.32. The van der Waals surface area contributed by atoms with Crippen LogP contribution in [0.3, 0.4) is 0 Å². The van der Waals surface area contributed by atoms with E-state index >= 15 is 0 Å². The van der Waals surface area contributed by atoms with Crippen LogP contribution in [0.25, 0.3) is 0 Å². The smallest absolute Gasteiger partial charge is 0.157 e. The Labute approximate surface area is 94.0 Å². The Morgan fingerprint density at radius 3 is 2.00 bits per heavy atom. The van der Waals surface area contributed by atoms with Crippen molar-refractivity contribution in [2.75, 3.05) is 27.2 Å². The van der Waals surface area contributed by atoms with Crippen molar-refractivity contribution >= 4 is 15.2 Å². The highest BCUT2D eigenvalue weighted by molar-refractivity contribution is 7.69. The minimum atomic E-state index is -5.16. The van der Waals surface area contributed by atoms with Crippen molar-refractivity contribution in [2.24, 2.45) is 0 Å². The molecule has 0 aliphatic carbocycles. The van der Waals surface area contributed by atoms with Crippen molar-refractivity contribution in [2.45, 2.75) is 11.9 Å². The molecular weight excluding hydrogens is 258 g/mol. The Bertz CT molecular complexity index is 275. The molecule has 0 aliphatic heterocycles. The molecule has 0 aromatic heterocycles. The van der Waals surface area contributed by atoms with Gasteiger partial charge in [0.2, 0.25) is 0 Å². The average Bonchev–Trinajstić information content (AvgIpc) is 1.97. The number of hydrogen-bond donors (Lipinski definition) is 3. The van der Waals surface area contributed by atoms with Crippen molar-refractivity contribution in [1.82, 2.24) is 10.2 Å². The van der Waals surface area contributed by atoms with Crippen LogP contribution < -0.4 is 15.1 Å². The summed E-state index contributed by atoms with van der Waals surface area (Å²) >= 11 is 0. The highest BCUT2D eigenvalue weighted by Gasteiger charge is 2.28. The summed E-state index contributed by atoms with van der Waals surface area (Å²) in [7, 11) is -6.73. The maximum absolute atomic E-state index is 10.7. The maximum atomic E-state index is 10.7. The van der Waals surface area contributed by atoms with Gasteiger partial charge in [-0.15, -0.1) is 0 Å². The van der Waals surface area contributed by atoms with Crippen LogP contribution in [-0.4, -0.2) is 47.4 Å². The van der Waals surface area contributed by atoms with E-state index in [0.717, 1.165) is 0 Å². The summed E-state index contributed by atoms with van der Waals surface area (Å²) in [6, 6.07) is 0. The first-order valence-corrected chi connectivity index (χ1v) is 7.79. The Balaban J connectivity index is 4.27. The van der Waals surface area contributed by atoms with Crippen LogP contribution in [-0.2, 0) is 9.13 Å². The molecule has 2 unspecified atom stereocenters. The fourth-order valence-electron chi connectivity index (χ4n) is 1.04. The van der Waals surface area contributed by atoms with Gasteiger partial charge in [-0.3, -0.25) is 5.32 Å². The first kappa shape index (κ1) is 16.2. The summed E-state index contributed by atoms with van der Waals surface area (Å²) in [5.74, 6) is 0. The molecule has 3 N–H and O–H groups in total. The Hall–Kier alpha value is 0.220. The summed E-state index contributed by atoms with van der Waals surface area (Å²) in [5, 5.41) is 2.08. The number of nitrogens with zero attached hydrogens (tertiary/aromatic N) is 1. The Morgan fingerprint density at radius 1 is 1.25 bits per heavy atom. The molecule has 2 atom stereocenters. The summed E-state index contributed by atoms with van der Waals surface area (Å²) in [5.41, 5.74) is -2.33. The van der Waals surface area contributed by atoms with Crippen LogP contribution in [0.1, 0.15) is 6.42 Å². The number of hydrogen-bond acceptors (Lipinski definition) is 6. The van der Waals surface area contributed by atoms with E-state index < -0.39 is 20.7 Å². The first-order valence-electron chi connectivity index (χ1n) is 4.50. The van der Waals surface area contributed by atoms with Gasteiger partial charge in [0.15, 0.2) is 15.2 Å². The molecule has 0 bridgehead atoms. The topological polar surface area (TPSA) is 136 Å². The molecule has 0 rings (SSSR count). The van der Waals surface area contributed by atoms with Crippen molar-refractivity contribution in [1.29, 1.82) is 0 Å². The lowest BCUT2D eigenvalue weighted by Gasteiger charge is -2.34. The summed E-state index contributed by atoms with van der Waals surface area (Å²) in [6.07, 6.45) is 0.476. The molecule has 16 heavy (non-hydrogen) atoms. The fourth-order valence-corrected chi connectivity index (χ4v) is 3.24. The lowest BCUT2D eigenvalue weighted by atomic mass is 10.4. The zero-order valence-electron chi connectivity index (χ0n) is 9.07. The molecule has 10 heteroatoms. The second-order valence-corrected chi connectivity index (χ2v) is 7.31.